The fraction of sp³-hybridized carbons (Fsp3) is 0.316. The van der Waals surface area contributed by atoms with Crippen LogP contribution in [-0.2, 0) is 15.1 Å². The Morgan fingerprint density at radius 1 is 1.08 bits per heavy atom. The van der Waals surface area contributed by atoms with E-state index in [0.29, 0.717) is 17.1 Å². The van der Waals surface area contributed by atoms with Gasteiger partial charge in [-0.2, -0.15) is 0 Å². The van der Waals surface area contributed by atoms with E-state index in [1.165, 1.54) is 13.2 Å². The van der Waals surface area contributed by atoms with Crippen LogP contribution in [-0.4, -0.2) is 33.3 Å². The Morgan fingerprint density at radius 3 is 2.32 bits per heavy atom. The third-order valence-electron chi connectivity index (χ3n) is 3.95. The van der Waals surface area contributed by atoms with Crippen LogP contribution in [0.25, 0.3) is 0 Å². The molecule has 2 rings (SSSR count). The smallest absolute Gasteiger partial charge is 0.258 e. The van der Waals surface area contributed by atoms with Crippen molar-refractivity contribution in [2.24, 2.45) is 0 Å². The van der Waals surface area contributed by atoms with Gasteiger partial charge in [-0.05, 0) is 37.3 Å². The highest BCUT2D eigenvalue weighted by Crippen LogP contribution is 2.26. The summed E-state index contributed by atoms with van der Waals surface area (Å²) in [6.45, 7) is 1.69. The molecule has 5 nitrogen and oxygen atoms in total. The predicted molar refractivity (Wildman–Crippen MR) is 92.3 cm³/mol. The molecule has 1 amide bonds. The van der Waals surface area contributed by atoms with Gasteiger partial charge in [-0.25, -0.2) is 4.39 Å². The van der Waals surface area contributed by atoms with Crippen LogP contribution < -0.4 is 14.8 Å². The second kappa shape index (κ2) is 8.48. The van der Waals surface area contributed by atoms with Crippen molar-refractivity contribution in [3.8, 4) is 11.5 Å². The number of nitrogens with one attached hydrogen (secondary N) is 1. The Labute approximate surface area is 146 Å². The predicted octanol–water partition coefficient (Wildman–Crippen LogP) is 2.89. The lowest BCUT2D eigenvalue weighted by atomic mass is 9.95. The molecule has 0 radical (unpaired) electrons. The standard InChI is InChI=1S/C19H22FNO4/c1-19(24-3,16-6-4-5-7-17(16)20)13-21-18(22)12-25-15-10-8-14(23-2)9-11-15/h4-11H,12-13H2,1-3H3,(H,21,22). The van der Waals surface area contributed by atoms with Crippen LogP contribution in [0, 0.1) is 5.82 Å². The molecule has 6 heteroatoms. The van der Waals surface area contributed by atoms with E-state index >= 15 is 0 Å². The lowest BCUT2D eigenvalue weighted by Crippen LogP contribution is -2.42. The summed E-state index contributed by atoms with van der Waals surface area (Å²) in [6, 6.07) is 13.2. The Morgan fingerprint density at radius 2 is 1.72 bits per heavy atom. The van der Waals surface area contributed by atoms with Crippen LogP contribution in [0.15, 0.2) is 48.5 Å². The van der Waals surface area contributed by atoms with Crippen molar-refractivity contribution in [1.29, 1.82) is 0 Å². The molecule has 0 aromatic heterocycles. The van der Waals surface area contributed by atoms with E-state index in [9.17, 15) is 9.18 Å². The van der Waals surface area contributed by atoms with E-state index in [4.69, 9.17) is 14.2 Å². The maximum atomic E-state index is 14.0. The van der Waals surface area contributed by atoms with Crippen LogP contribution in [0.4, 0.5) is 4.39 Å². The van der Waals surface area contributed by atoms with Crippen molar-refractivity contribution in [2.45, 2.75) is 12.5 Å². The minimum Gasteiger partial charge on any atom is -0.497 e. The molecule has 0 bridgehead atoms. The van der Waals surface area contributed by atoms with Crippen LogP contribution in [0.3, 0.4) is 0 Å². The number of amides is 1. The molecule has 134 valence electrons. The normalized spacial score (nSPS) is 13.0. The molecule has 2 aromatic rings. The quantitative estimate of drug-likeness (QED) is 0.798. The lowest BCUT2D eigenvalue weighted by molar-refractivity contribution is -0.124. The summed E-state index contributed by atoms with van der Waals surface area (Å²) in [7, 11) is 3.05. The zero-order chi connectivity index (χ0) is 18.3. The van der Waals surface area contributed by atoms with Gasteiger partial charge < -0.3 is 19.5 Å². The SMILES string of the molecule is COc1ccc(OCC(=O)NCC(C)(OC)c2ccccc2F)cc1. The molecule has 2 aromatic carbocycles. The summed E-state index contributed by atoms with van der Waals surface area (Å²) in [5.74, 6) is 0.558. The first-order valence-electron chi connectivity index (χ1n) is 7.82. The topological polar surface area (TPSA) is 56.8 Å². The largest absolute Gasteiger partial charge is 0.497 e. The Hall–Kier alpha value is -2.60. The van der Waals surface area contributed by atoms with Gasteiger partial charge in [-0.1, -0.05) is 18.2 Å². The number of methoxy groups -OCH3 is 2. The van der Waals surface area contributed by atoms with Gasteiger partial charge in [-0.15, -0.1) is 0 Å². The molecule has 0 spiro atoms. The fourth-order valence-corrected chi connectivity index (χ4v) is 2.31. The number of hydrogen-bond donors (Lipinski definition) is 1. The zero-order valence-corrected chi connectivity index (χ0v) is 14.5. The van der Waals surface area contributed by atoms with E-state index in [1.807, 2.05) is 0 Å². The first kappa shape index (κ1) is 18.7. The first-order valence-corrected chi connectivity index (χ1v) is 7.82. The number of hydrogen-bond acceptors (Lipinski definition) is 4. The second-order valence-electron chi connectivity index (χ2n) is 5.66. The summed E-state index contributed by atoms with van der Waals surface area (Å²) in [5.41, 5.74) is -0.588. The Bertz CT molecular complexity index is 705. The average molecular weight is 347 g/mol. The molecule has 0 saturated heterocycles. The highest BCUT2D eigenvalue weighted by atomic mass is 19.1. The Kier molecular flexibility index (Phi) is 6.36. The summed E-state index contributed by atoms with van der Waals surface area (Å²) in [6.07, 6.45) is 0. The van der Waals surface area contributed by atoms with Gasteiger partial charge in [0.05, 0.1) is 13.7 Å². The first-order chi connectivity index (χ1) is 12.0. The molecule has 0 fully saturated rings. The Balaban J connectivity index is 1.90. The molecular weight excluding hydrogens is 325 g/mol. The molecular formula is C19H22FNO4. The van der Waals surface area contributed by atoms with E-state index in [1.54, 1.807) is 56.5 Å². The van der Waals surface area contributed by atoms with Gasteiger partial charge in [0.2, 0.25) is 0 Å². The van der Waals surface area contributed by atoms with Crippen molar-refractivity contribution >= 4 is 5.91 Å². The molecule has 0 aliphatic heterocycles. The van der Waals surface area contributed by atoms with Gasteiger partial charge in [0.1, 0.15) is 22.9 Å². The monoisotopic (exact) mass is 347 g/mol. The van der Waals surface area contributed by atoms with Gasteiger partial charge in [-0.3, -0.25) is 4.79 Å². The van der Waals surface area contributed by atoms with Crippen molar-refractivity contribution < 1.29 is 23.4 Å². The number of ether oxygens (including phenoxy) is 3. The van der Waals surface area contributed by atoms with Gasteiger partial charge in [0.15, 0.2) is 6.61 Å². The van der Waals surface area contributed by atoms with E-state index in [-0.39, 0.29) is 24.9 Å². The van der Waals surface area contributed by atoms with E-state index < -0.39 is 5.60 Å². The maximum absolute atomic E-state index is 14.0. The van der Waals surface area contributed by atoms with Crippen molar-refractivity contribution in [1.82, 2.24) is 5.32 Å². The number of carbonyl (C=O) groups excluding carboxylic acids is 1. The lowest BCUT2D eigenvalue weighted by Gasteiger charge is -2.29. The molecule has 1 N–H and O–H groups in total. The molecule has 1 atom stereocenters. The number of benzene rings is 2. The molecule has 0 aliphatic carbocycles. The van der Waals surface area contributed by atoms with Crippen molar-refractivity contribution in [3.63, 3.8) is 0 Å². The second-order valence-corrected chi connectivity index (χ2v) is 5.66. The summed E-state index contributed by atoms with van der Waals surface area (Å²) >= 11 is 0. The van der Waals surface area contributed by atoms with Gasteiger partial charge >= 0.3 is 0 Å². The molecule has 0 heterocycles. The molecule has 0 aliphatic rings. The third kappa shape index (κ3) is 4.93. The van der Waals surface area contributed by atoms with Crippen LogP contribution in [0.1, 0.15) is 12.5 Å². The summed E-state index contributed by atoms with van der Waals surface area (Å²) < 4.78 is 29.9. The van der Waals surface area contributed by atoms with Crippen LogP contribution >= 0.6 is 0 Å². The summed E-state index contributed by atoms with van der Waals surface area (Å²) in [4.78, 5) is 12.0. The van der Waals surface area contributed by atoms with Gasteiger partial charge in [0.25, 0.3) is 5.91 Å². The molecule has 1 unspecified atom stereocenters. The summed E-state index contributed by atoms with van der Waals surface area (Å²) in [5, 5.41) is 2.71. The van der Waals surface area contributed by atoms with Gasteiger partial charge in [0, 0.05) is 12.7 Å². The number of rotatable bonds is 8. The third-order valence-corrected chi connectivity index (χ3v) is 3.95. The minimum atomic E-state index is -0.971. The number of halogens is 1. The number of carbonyl (C=O) groups is 1. The highest BCUT2D eigenvalue weighted by molar-refractivity contribution is 5.77. The van der Waals surface area contributed by atoms with Crippen LogP contribution in [0.2, 0.25) is 0 Å². The van der Waals surface area contributed by atoms with E-state index in [2.05, 4.69) is 5.32 Å². The van der Waals surface area contributed by atoms with E-state index in [0.717, 1.165) is 0 Å². The average Bonchev–Trinajstić information content (AvgIpc) is 2.65. The maximum Gasteiger partial charge on any atom is 0.258 e. The van der Waals surface area contributed by atoms with Crippen molar-refractivity contribution in [2.75, 3.05) is 27.4 Å². The molecule has 25 heavy (non-hydrogen) atoms. The molecule has 0 saturated carbocycles. The van der Waals surface area contributed by atoms with Crippen molar-refractivity contribution in [3.05, 3.63) is 59.9 Å². The highest BCUT2D eigenvalue weighted by Gasteiger charge is 2.29. The zero-order valence-electron chi connectivity index (χ0n) is 14.5. The van der Waals surface area contributed by atoms with Crippen LogP contribution in [0.5, 0.6) is 11.5 Å². The fourth-order valence-electron chi connectivity index (χ4n) is 2.31. The minimum absolute atomic E-state index is 0.120.